The molecule has 14 heavy (non-hydrogen) atoms. The Balaban J connectivity index is 2.89. The Morgan fingerprint density at radius 2 is 1.86 bits per heavy atom. The van der Waals surface area contributed by atoms with Crippen molar-refractivity contribution in [3.8, 4) is 0 Å². The molecule has 1 rings (SSSR count). The summed E-state index contributed by atoms with van der Waals surface area (Å²) in [6.07, 6.45) is -0.521. The van der Waals surface area contributed by atoms with Crippen LogP contribution in [0.3, 0.4) is 0 Å². The number of rotatable bonds is 4. The van der Waals surface area contributed by atoms with Crippen molar-refractivity contribution in [2.45, 2.75) is 12.1 Å². The number of hydrogen-bond acceptors (Lipinski definition) is 3. The second kappa shape index (κ2) is 5.10. The lowest BCUT2D eigenvalue weighted by molar-refractivity contribution is 0.0823. The number of nitrogens with two attached hydrogens (primary N) is 1. The van der Waals surface area contributed by atoms with Gasteiger partial charge in [0.15, 0.2) is 0 Å². The molecule has 2 atom stereocenters. The van der Waals surface area contributed by atoms with Crippen LogP contribution in [0.5, 0.6) is 0 Å². The highest BCUT2D eigenvalue weighted by Crippen LogP contribution is 2.21. The van der Waals surface area contributed by atoms with Crippen LogP contribution in [0.2, 0.25) is 0 Å². The van der Waals surface area contributed by atoms with Crippen molar-refractivity contribution in [1.29, 1.82) is 0 Å². The summed E-state index contributed by atoms with van der Waals surface area (Å²) < 4.78 is 0. The molecule has 78 valence electrons. The topological polar surface area (TPSA) is 49.5 Å². The minimum atomic E-state index is -0.521. The molecule has 0 saturated carbocycles. The van der Waals surface area contributed by atoms with Crippen LogP contribution in [0, 0.1) is 0 Å². The Labute approximate surface area is 85.2 Å². The van der Waals surface area contributed by atoms with E-state index in [0.717, 1.165) is 5.56 Å². The van der Waals surface area contributed by atoms with Crippen molar-refractivity contribution in [3.05, 3.63) is 35.9 Å². The second-order valence-electron chi connectivity index (χ2n) is 3.62. The van der Waals surface area contributed by atoms with Gasteiger partial charge in [-0.05, 0) is 19.7 Å². The zero-order valence-electron chi connectivity index (χ0n) is 8.72. The Morgan fingerprint density at radius 1 is 1.29 bits per heavy atom. The molecule has 3 heteroatoms. The molecular weight excluding hydrogens is 176 g/mol. The van der Waals surface area contributed by atoms with E-state index in [1.165, 1.54) is 0 Å². The van der Waals surface area contributed by atoms with E-state index in [2.05, 4.69) is 0 Å². The van der Waals surface area contributed by atoms with E-state index in [9.17, 15) is 5.11 Å². The van der Waals surface area contributed by atoms with Crippen LogP contribution in [0.4, 0.5) is 0 Å². The summed E-state index contributed by atoms with van der Waals surface area (Å²) in [6, 6.07) is 9.88. The lowest BCUT2D eigenvalue weighted by Gasteiger charge is -2.28. The molecule has 1 aromatic rings. The van der Waals surface area contributed by atoms with Gasteiger partial charge in [-0.15, -0.1) is 0 Å². The minimum absolute atomic E-state index is 0.0267. The average Bonchev–Trinajstić information content (AvgIpc) is 2.19. The Morgan fingerprint density at radius 3 is 2.29 bits per heavy atom. The molecule has 0 bridgehead atoms. The number of likely N-dealkylation sites (N-methyl/N-ethyl adjacent to an activating group) is 1. The summed E-state index contributed by atoms with van der Waals surface area (Å²) in [5.41, 5.74) is 6.56. The van der Waals surface area contributed by atoms with Gasteiger partial charge in [0.05, 0.1) is 12.1 Å². The van der Waals surface area contributed by atoms with Gasteiger partial charge in [-0.2, -0.15) is 0 Å². The maximum Gasteiger partial charge on any atom is 0.0858 e. The molecule has 0 aliphatic carbocycles. The number of aliphatic hydroxyl groups excluding tert-OH is 1. The number of aliphatic hydroxyl groups is 1. The van der Waals surface area contributed by atoms with Gasteiger partial charge < -0.3 is 15.7 Å². The van der Waals surface area contributed by atoms with Crippen molar-refractivity contribution in [1.82, 2.24) is 4.90 Å². The Kier molecular flexibility index (Phi) is 4.07. The molecule has 0 spiro atoms. The zero-order valence-corrected chi connectivity index (χ0v) is 8.72. The first-order valence-electron chi connectivity index (χ1n) is 4.76. The lowest BCUT2D eigenvalue weighted by Crippen LogP contribution is -2.36. The van der Waals surface area contributed by atoms with Crippen molar-refractivity contribution in [2.24, 2.45) is 5.73 Å². The van der Waals surface area contributed by atoms with Gasteiger partial charge >= 0.3 is 0 Å². The number of nitrogens with zero attached hydrogens (tertiary/aromatic N) is 1. The van der Waals surface area contributed by atoms with Crippen LogP contribution in [0.25, 0.3) is 0 Å². The summed E-state index contributed by atoms with van der Waals surface area (Å²) in [6.45, 7) is 0.276. The third-order valence-electron chi connectivity index (χ3n) is 2.30. The zero-order chi connectivity index (χ0) is 10.6. The maximum absolute atomic E-state index is 9.77. The van der Waals surface area contributed by atoms with Crippen LogP contribution in [0.1, 0.15) is 11.6 Å². The first-order valence-corrected chi connectivity index (χ1v) is 4.76. The minimum Gasteiger partial charge on any atom is -0.390 e. The number of hydrogen-bond donors (Lipinski definition) is 2. The quantitative estimate of drug-likeness (QED) is 0.738. The maximum atomic E-state index is 9.77. The fourth-order valence-corrected chi connectivity index (χ4v) is 1.64. The summed E-state index contributed by atoms with van der Waals surface area (Å²) >= 11 is 0. The van der Waals surface area contributed by atoms with E-state index in [-0.39, 0.29) is 12.6 Å². The molecule has 0 amide bonds. The van der Waals surface area contributed by atoms with E-state index in [0.29, 0.717) is 0 Å². The van der Waals surface area contributed by atoms with Gasteiger partial charge in [-0.3, -0.25) is 0 Å². The third-order valence-corrected chi connectivity index (χ3v) is 2.30. The summed E-state index contributed by atoms with van der Waals surface area (Å²) in [5.74, 6) is 0. The molecule has 0 aliphatic heterocycles. The van der Waals surface area contributed by atoms with Gasteiger partial charge in [-0.25, -0.2) is 0 Å². The molecule has 0 saturated heterocycles. The molecule has 0 aromatic heterocycles. The van der Waals surface area contributed by atoms with Crippen molar-refractivity contribution in [2.75, 3.05) is 20.6 Å². The Hall–Kier alpha value is -0.900. The van der Waals surface area contributed by atoms with Crippen LogP contribution in [-0.2, 0) is 0 Å². The van der Waals surface area contributed by atoms with E-state index in [1.807, 2.05) is 49.3 Å². The molecule has 0 aliphatic rings. The molecular formula is C11H18N2O. The molecule has 1 aromatic carbocycles. The standard InChI is InChI=1S/C11H18N2O/c1-13(2)11(10(14)8-12)9-6-4-3-5-7-9/h3-7,10-11,14H,8,12H2,1-2H3. The molecule has 3 nitrogen and oxygen atoms in total. The first kappa shape index (κ1) is 11.2. The van der Waals surface area contributed by atoms with Crippen molar-refractivity contribution < 1.29 is 5.11 Å². The average molecular weight is 194 g/mol. The largest absolute Gasteiger partial charge is 0.390 e. The molecule has 0 fully saturated rings. The second-order valence-corrected chi connectivity index (χ2v) is 3.62. The SMILES string of the molecule is CN(C)C(c1ccccc1)C(O)CN. The van der Waals surface area contributed by atoms with Crippen LogP contribution >= 0.6 is 0 Å². The van der Waals surface area contributed by atoms with E-state index < -0.39 is 6.10 Å². The van der Waals surface area contributed by atoms with Gasteiger partial charge in [0.2, 0.25) is 0 Å². The predicted molar refractivity (Wildman–Crippen MR) is 57.9 cm³/mol. The fraction of sp³-hybridized carbons (Fsp3) is 0.455. The van der Waals surface area contributed by atoms with Crippen LogP contribution in [0.15, 0.2) is 30.3 Å². The van der Waals surface area contributed by atoms with Crippen LogP contribution < -0.4 is 5.73 Å². The van der Waals surface area contributed by atoms with Gasteiger partial charge in [0, 0.05) is 6.54 Å². The molecule has 3 N–H and O–H groups in total. The smallest absolute Gasteiger partial charge is 0.0858 e. The van der Waals surface area contributed by atoms with Gasteiger partial charge in [-0.1, -0.05) is 30.3 Å². The van der Waals surface area contributed by atoms with Crippen LogP contribution in [-0.4, -0.2) is 36.8 Å². The van der Waals surface area contributed by atoms with Gasteiger partial charge in [0.1, 0.15) is 0 Å². The van der Waals surface area contributed by atoms with E-state index >= 15 is 0 Å². The van der Waals surface area contributed by atoms with E-state index in [1.54, 1.807) is 0 Å². The van der Waals surface area contributed by atoms with Crippen molar-refractivity contribution >= 4 is 0 Å². The van der Waals surface area contributed by atoms with Crippen molar-refractivity contribution in [3.63, 3.8) is 0 Å². The molecule has 0 radical (unpaired) electrons. The van der Waals surface area contributed by atoms with E-state index in [4.69, 9.17) is 5.73 Å². The first-order chi connectivity index (χ1) is 6.66. The number of benzene rings is 1. The molecule has 0 heterocycles. The summed E-state index contributed by atoms with van der Waals surface area (Å²) in [5, 5.41) is 9.77. The third kappa shape index (κ3) is 2.54. The lowest BCUT2D eigenvalue weighted by atomic mass is 10.0. The highest BCUT2D eigenvalue weighted by molar-refractivity contribution is 5.20. The molecule has 2 unspecified atom stereocenters. The summed E-state index contributed by atoms with van der Waals surface area (Å²) in [7, 11) is 3.88. The summed E-state index contributed by atoms with van der Waals surface area (Å²) in [4.78, 5) is 1.98. The van der Waals surface area contributed by atoms with Gasteiger partial charge in [0.25, 0.3) is 0 Å². The normalized spacial score (nSPS) is 15.5. The monoisotopic (exact) mass is 194 g/mol. The fourth-order valence-electron chi connectivity index (χ4n) is 1.64. The highest BCUT2D eigenvalue weighted by atomic mass is 16.3. The highest BCUT2D eigenvalue weighted by Gasteiger charge is 2.21. The Bertz CT molecular complexity index is 261. The predicted octanol–water partition coefficient (Wildman–Crippen LogP) is 0.609.